The Bertz CT molecular complexity index is 1180. The van der Waals surface area contributed by atoms with Crippen molar-refractivity contribution in [3.05, 3.63) is 83.6 Å². The van der Waals surface area contributed by atoms with Crippen molar-refractivity contribution in [3.8, 4) is 28.7 Å². The Morgan fingerprint density at radius 1 is 0.824 bits per heavy atom. The maximum atomic E-state index is 12.3. The molecule has 176 valence electrons. The highest BCUT2D eigenvalue weighted by Gasteiger charge is 2.13. The fourth-order valence-corrected chi connectivity index (χ4v) is 3.30. The number of aromatic hydroxyl groups is 1. The first-order valence-electron chi connectivity index (χ1n) is 10.4. The minimum atomic E-state index is -0.131. The molecule has 7 nitrogen and oxygen atoms in total. The quantitative estimate of drug-likeness (QED) is 0.181. The lowest BCUT2D eigenvalue weighted by molar-refractivity contribution is 0.104. The minimum absolute atomic E-state index is 0.0121. The van der Waals surface area contributed by atoms with Crippen molar-refractivity contribution in [2.24, 2.45) is 0 Å². The van der Waals surface area contributed by atoms with Crippen molar-refractivity contribution < 1.29 is 28.8 Å². The Balaban J connectivity index is 1.91. The predicted molar refractivity (Wildman–Crippen MR) is 133 cm³/mol. The number of nitrogens with one attached hydrogen (secondary N) is 1. The van der Waals surface area contributed by atoms with Gasteiger partial charge in [0.1, 0.15) is 0 Å². The molecule has 2 N–H and O–H groups in total. The van der Waals surface area contributed by atoms with E-state index in [-0.39, 0.29) is 11.5 Å². The van der Waals surface area contributed by atoms with E-state index in [9.17, 15) is 9.90 Å². The van der Waals surface area contributed by atoms with Gasteiger partial charge in [0.15, 0.2) is 28.8 Å². The van der Waals surface area contributed by atoms with Gasteiger partial charge in [0.25, 0.3) is 0 Å². The van der Waals surface area contributed by atoms with Gasteiger partial charge in [-0.3, -0.25) is 4.79 Å². The van der Waals surface area contributed by atoms with Crippen LogP contribution in [0.3, 0.4) is 0 Å². The highest BCUT2D eigenvalue weighted by atomic mass is 16.5. The van der Waals surface area contributed by atoms with Crippen LogP contribution in [0.5, 0.6) is 28.7 Å². The van der Waals surface area contributed by atoms with Crippen LogP contribution in [-0.4, -0.2) is 39.3 Å². The summed E-state index contributed by atoms with van der Waals surface area (Å²) >= 11 is 0. The van der Waals surface area contributed by atoms with Gasteiger partial charge in [-0.25, -0.2) is 0 Å². The summed E-state index contributed by atoms with van der Waals surface area (Å²) < 4.78 is 21.4. The first-order chi connectivity index (χ1) is 16.5. The fourth-order valence-electron chi connectivity index (χ4n) is 3.30. The number of hydrogen-bond acceptors (Lipinski definition) is 7. The first-order valence-corrected chi connectivity index (χ1v) is 10.4. The lowest BCUT2D eigenvalue weighted by atomic mass is 10.1. The van der Waals surface area contributed by atoms with E-state index in [1.807, 2.05) is 42.5 Å². The molecule has 0 unspecified atom stereocenters. The molecule has 34 heavy (non-hydrogen) atoms. The number of ketones is 1. The number of anilines is 1. The van der Waals surface area contributed by atoms with Crippen molar-refractivity contribution in [2.75, 3.05) is 33.8 Å². The van der Waals surface area contributed by atoms with Crippen molar-refractivity contribution in [3.63, 3.8) is 0 Å². The number of carbonyl (C=O) groups is 1. The SMILES string of the molecule is COc1cc(NC=CC(=O)c2ccccc2)c(C=Cc2cc(OC)c(OC)c(OC)c2)cc1O. The lowest BCUT2D eigenvalue weighted by Gasteiger charge is -2.13. The topological polar surface area (TPSA) is 86.3 Å². The van der Waals surface area contributed by atoms with Crippen LogP contribution in [0.2, 0.25) is 0 Å². The lowest BCUT2D eigenvalue weighted by Crippen LogP contribution is -1.97. The smallest absolute Gasteiger partial charge is 0.203 e. The third-order valence-electron chi connectivity index (χ3n) is 5.03. The summed E-state index contributed by atoms with van der Waals surface area (Å²) in [6.07, 6.45) is 6.66. The number of allylic oxidation sites excluding steroid dienone is 1. The number of phenols is 1. The number of carbonyl (C=O) groups excluding carboxylic acids is 1. The second kappa shape index (κ2) is 11.5. The van der Waals surface area contributed by atoms with E-state index in [4.69, 9.17) is 18.9 Å². The molecular weight excluding hydrogens is 434 g/mol. The van der Waals surface area contributed by atoms with Crippen LogP contribution in [0.25, 0.3) is 12.2 Å². The molecule has 0 saturated heterocycles. The summed E-state index contributed by atoms with van der Waals surface area (Å²) in [5.74, 6) is 1.71. The normalized spacial score (nSPS) is 10.9. The van der Waals surface area contributed by atoms with Crippen molar-refractivity contribution in [2.45, 2.75) is 0 Å². The number of methoxy groups -OCH3 is 4. The summed E-state index contributed by atoms with van der Waals surface area (Å²) in [5.41, 5.74) is 2.69. The Morgan fingerprint density at radius 3 is 2.06 bits per heavy atom. The molecule has 0 aliphatic carbocycles. The molecule has 7 heteroatoms. The second-order valence-electron chi connectivity index (χ2n) is 7.11. The van der Waals surface area contributed by atoms with E-state index >= 15 is 0 Å². The molecule has 0 saturated carbocycles. The second-order valence-corrected chi connectivity index (χ2v) is 7.11. The summed E-state index contributed by atoms with van der Waals surface area (Å²) in [4.78, 5) is 12.3. The molecule has 0 spiro atoms. The van der Waals surface area contributed by atoms with E-state index < -0.39 is 0 Å². The maximum Gasteiger partial charge on any atom is 0.203 e. The van der Waals surface area contributed by atoms with Crippen LogP contribution in [-0.2, 0) is 0 Å². The zero-order valence-corrected chi connectivity index (χ0v) is 19.5. The molecule has 0 bridgehead atoms. The average molecular weight is 462 g/mol. The number of phenolic OH excluding ortho intramolecular Hbond substituents is 1. The highest BCUT2D eigenvalue weighted by Crippen LogP contribution is 2.39. The Kier molecular flexibility index (Phi) is 8.18. The summed E-state index contributed by atoms with van der Waals surface area (Å²) in [5, 5.41) is 13.4. The monoisotopic (exact) mass is 461 g/mol. The molecule has 3 rings (SSSR count). The van der Waals surface area contributed by atoms with Crippen LogP contribution in [0.4, 0.5) is 5.69 Å². The Morgan fingerprint density at radius 2 is 1.47 bits per heavy atom. The van der Waals surface area contributed by atoms with Gasteiger partial charge in [0.05, 0.1) is 28.4 Å². The van der Waals surface area contributed by atoms with E-state index in [0.29, 0.717) is 39.8 Å². The van der Waals surface area contributed by atoms with E-state index in [0.717, 1.165) is 5.56 Å². The van der Waals surface area contributed by atoms with E-state index in [1.165, 1.54) is 13.2 Å². The summed E-state index contributed by atoms with van der Waals surface area (Å²) in [6.45, 7) is 0. The predicted octanol–water partition coefficient (Wildman–Crippen LogP) is 5.41. The molecule has 3 aromatic carbocycles. The maximum absolute atomic E-state index is 12.3. The van der Waals surface area contributed by atoms with E-state index in [1.54, 1.807) is 51.8 Å². The molecule has 0 aliphatic heterocycles. The van der Waals surface area contributed by atoms with E-state index in [2.05, 4.69) is 5.32 Å². The van der Waals surface area contributed by atoms with Gasteiger partial charge in [-0.2, -0.15) is 0 Å². The van der Waals surface area contributed by atoms with Crippen LogP contribution in [0.15, 0.2) is 66.9 Å². The molecule has 0 fully saturated rings. The summed E-state index contributed by atoms with van der Waals surface area (Å²) in [7, 11) is 6.12. The molecule has 0 atom stereocenters. The van der Waals surface area contributed by atoms with Crippen molar-refractivity contribution >= 4 is 23.6 Å². The number of rotatable bonds is 10. The van der Waals surface area contributed by atoms with Gasteiger partial charge in [-0.15, -0.1) is 0 Å². The van der Waals surface area contributed by atoms with Gasteiger partial charge in [-0.1, -0.05) is 42.5 Å². The number of ether oxygens (including phenoxy) is 4. The van der Waals surface area contributed by atoms with Crippen LogP contribution < -0.4 is 24.3 Å². The van der Waals surface area contributed by atoms with Crippen LogP contribution in [0.1, 0.15) is 21.5 Å². The Labute approximate surface area is 198 Å². The van der Waals surface area contributed by atoms with Gasteiger partial charge >= 0.3 is 0 Å². The minimum Gasteiger partial charge on any atom is -0.504 e. The first kappa shape index (κ1) is 24.3. The molecule has 0 amide bonds. The molecule has 0 heterocycles. The standard InChI is InChI=1S/C27H27NO6/c1-31-24-17-21(28-13-12-22(29)19-8-6-5-7-9-19)20(16-23(24)30)11-10-18-14-25(32-2)27(34-4)26(15-18)33-3/h5-17,28,30H,1-4H3. The zero-order valence-electron chi connectivity index (χ0n) is 19.5. The third kappa shape index (κ3) is 5.69. The fraction of sp³-hybridized carbons (Fsp3) is 0.148. The Hall–Kier alpha value is -4.39. The largest absolute Gasteiger partial charge is 0.504 e. The van der Waals surface area contributed by atoms with Crippen LogP contribution >= 0.6 is 0 Å². The molecular formula is C27H27NO6. The van der Waals surface area contributed by atoms with Gasteiger partial charge < -0.3 is 29.4 Å². The van der Waals surface area contributed by atoms with Gasteiger partial charge in [0.2, 0.25) is 5.75 Å². The molecule has 0 aromatic heterocycles. The zero-order chi connectivity index (χ0) is 24.5. The van der Waals surface area contributed by atoms with Crippen LogP contribution in [0, 0.1) is 0 Å². The summed E-state index contributed by atoms with van der Waals surface area (Å²) in [6, 6.07) is 15.8. The number of benzene rings is 3. The third-order valence-corrected chi connectivity index (χ3v) is 5.03. The average Bonchev–Trinajstić information content (AvgIpc) is 2.87. The van der Waals surface area contributed by atoms with Gasteiger partial charge in [0, 0.05) is 35.2 Å². The molecule has 3 aromatic rings. The molecule has 0 aliphatic rings. The van der Waals surface area contributed by atoms with Gasteiger partial charge in [-0.05, 0) is 23.8 Å². The molecule has 0 radical (unpaired) electrons. The van der Waals surface area contributed by atoms with Crippen molar-refractivity contribution in [1.29, 1.82) is 0 Å². The van der Waals surface area contributed by atoms with Crippen molar-refractivity contribution in [1.82, 2.24) is 0 Å². The number of hydrogen-bond donors (Lipinski definition) is 2. The highest BCUT2D eigenvalue weighted by molar-refractivity contribution is 6.04.